The predicted molar refractivity (Wildman–Crippen MR) is 142 cm³/mol. The van der Waals surface area contributed by atoms with Crippen LogP contribution in [0.25, 0.3) is 10.8 Å². The van der Waals surface area contributed by atoms with Gasteiger partial charge in [-0.15, -0.1) is 0 Å². The molecule has 0 spiro atoms. The Morgan fingerprint density at radius 3 is 2.74 bits per heavy atom. The summed E-state index contributed by atoms with van der Waals surface area (Å²) in [6.07, 6.45) is 1.55. The van der Waals surface area contributed by atoms with E-state index in [2.05, 4.69) is 40.3 Å². The number of aromatic nitrogens is 2. The number of nitrogens with zero attached hydrogens (tertiary/aromatic N) is 5. The van der Waals surface area contributed by atoms with E-state index in [-0.39, 0.29) is 24.4 Å². The van der Waals surface area contributed by atoms with Gasteiger partial charge in [-0.05, 0) is 44.4 Å². The molecule has 0 aliphatic carbocycles. The maximum absolute atomic E-state index is 12.8. The van der Waals surface area contributed by atoms with Gasteiger partial charge in [0.15, 0.2) is 12.1 Å². The molecule has 3 aromatic rings. The van der Waals surface area contributed by atoms with E-state index in [1.54, 1.807) is 4.90 Å². The third-order valence-corrected chi connectivity index (χ3v) is 6.89. The van der Waals surface area contributed by atoms with Gasteiger partial charge >= 0.3 is 6.09 Å². The molecule has 1 amide bonds. The second kappa shape index (κ2) is 10.3. The molecular formula is C29H31N5O4. The van der Waals surface area contributed by atoms with Gasteiger partial charge in [-0.2, -0.15) is 10.2 Å². The molecular weight excluding hydrogens is 482 g/mol. The average Bonchev–Trinajstić information content (AvgIpc) is 2.91. The first-order valence-electron chi connectivity index (χ1n) is 12.9. The van der Waals surface area contributed by atoms with E-state index < -0.39 is 11.7 Å². The van der Waals surface area contributed by atoms with Crippen LogP contribution in [0.5, 0.6) is 5.88 Å². The Bertz CT molecular complexity index is 1410. The zero-order chi connectivity index (χ0) is 26.9. The van der Waals surface area contributed by atoms with Crippen LogP contribution in [0.3, 0.4) is 0 Å². The quantitative estimate of drug-likeness (QED) is 0.456. The molecule has 1 aromatic heterocycles. The Morgan fingerprint density at radius 2 is 1.97 bits per heavy atom. The molecule has 2 aliphatic heterocycles. The first kappa shape index (κ1) is 25.5. The molecule has 0 radical (unpaired) electrons. The van der Waals surface area contributed by atoms with E-state index in [1.165, 1.54) is 0 Å². The fourth-order valence-electron chi connectivity index (χ4n) is 5.21. The summed E-state index contributed by atoms with van der Waals surface area (Å²) in [5, 5.41) is 11.7. The van der Waals surface area contributed by atoms with E-state index in [1.807, 2.05) is 43.9 Å². The third kappa shape index (κ3) is 5.12. The van der Waals surface area contributed by atoms with Crippen molar-refractivity contribution in [3.63, 3.8) is 0 Å². The summed E-state index contributed by atoms with van der Waals surface area (Å²) in [6, 6.07) is 16.2. The number of benzene rings is 2. The van der Waals surface area contributed by atoms with Crippen molar-refractivity contribution in [3.05, 3.63) is 59.4 Å². The third-order valence-electron chi connectivity index (χ3n) is 6.89. The number of anilines is 1. The first-order valence-corrected chi connectivity index (χ1v) is 12.9. The van der Waals surface area contributed by atoms with Crippen LogP contribution < -0.4 is 9.64 Å². The zero-order valence-electron chi connectivity index (χ0n) is 21.9. The fourth-order valence-corrected chi connectivity index (χ4v) is 5.21. The summed E-state index contributed by atoms with van der Waals surface area (Å²) in [6.45, 7) is 6.70. The van der Waals surface area contributed by atoms with Crippen LogP contribution in [0.15, 0.2) is 42.5 Å². The summed E-state index contributed by atoms with van der Waals surface area (Å²) < 4.78 is 12.0. The number of ether oxygens (including phenoxy) is 2. The zero-order valence-corrected chi connectivity index (χ0v) is 21.9. The number of carbonyl (C=O) groups is 2. The average molecular weight is 514 g/mol. The van der Waals surface area contributed by atoms with Gasteiger partial charge in [-0.1, -0.05) is 42.5 Å². The normalized spacial score (nSPS) is 19.3. The smallest absolute Gasteiger partial charge is 0.410 e. The van der Waals surface area contributed by atoms with Crippen molar-refractivity contribution in [1.82, 2.24) is 14.9 Å². The molecule has 9 nitrogen and oxygen atoms in total. The van der Waals surface area contributed by atoms with E-state index in [0.717, 1.165) is 28.3 Å². The minimum absolute atomic E-state index is 0.0451. The standard InChI is InChI=1S/C29H31N5O4/c1-29(2,3)38-28(36)34-16-15-33(17-20(34)13-14-30)26-23-11-12-24(37-27(23)32-25(18-35)31-26)22-10-6-8-19-7-4-5-9-21(19)22/h4-10,18,20,24H,11-13,15-17H2,1-3H3/t20-,24?/m0/s1. The molecule has 0 bridgehead atoms. The predicted octanol–water partition coefficient (Wildman–Crippen LogP) is 4.85. The van der Waals surface area contributed by atoms with Crippen LogP contribution in [0.4, 0.5) is 10.6 Å². The summed E-state index contributed by atoms with van der Waals surface area (Å²) >= 11 is 0. The highest BCUT2D eigenvalue weighted by molar-refractivity contribution is 5.86. The van der Waals surface area contributed by atoms with Crippen LogP contribution in [0.2, 0.25) is 0 Å². The van der Waals surface area contributed by atoms with E-state index >= 15 is 0 Å². The number of carbonyl (C=O) groups excluding carboxylic acids is 2. The summed E-state index contributed by atoms with van der Waals surface area (Å²) in [5.74, 6) is 1.08. The SMILES string of the molecule is CC(C)(C)OC(=O)N1CCN(c2nc(C=O)nc3c2CCC(c2cccc4ccccc24)O3)C[C@@H]1CC#N. The van der Waals surface area contributed by atoms with Crippen LogP contribution >= 0.6 is 0 Å². The van der Waals surface area contributed by atoms with E-state index in [4.69, 9.17) is 9.47 Å². The highest BCUT2D eigenvalue weighted by Crippen LogP contribution is 2.40. The first-order chi connectivity index (χ1) is 18.3. The lowest BCUT2D eigenvalue weighted by Crippen LogP contribution is -2.56. The number of hydrogen-bond donors (Lipinski definition) is 0. The van der Waals surface area contributed by atoms with Crippen molar-refractivity contribution in [2.45, 2.75) is 57.8 Å². The number of amides is 1. The second-order valence-corrected chi connectivity index (χ2v) is 10.7. The molecule has 9 heteroatoms. The van der Waals surface area contributed by atoms with Crippen molar-refractivity contribution < 1.29 is 19.1 Å². The van der Waals surface area contributed by atoms with Crippen molar-refractivity contribution >= 4 is 29.0 Å². The van der Waals surface area contributed by atoms with Gasteiger partial charge in [0.1, 0.15) is 17.5 Å². The minimum Gasteiger partial charge on any atom is -0.469 e. The van der Waals surface area contributed by atoms with Gasteiger partial charge in [0.25, 0.3) is 0 Å². The molecule has 0 saturated carbocycles. The monoisotopic (exact) mass is 513 g/mol. The highest BCUT2D eigenvalue weighted by Gasteiger charge is 2.36. The largest absolute Gasteiger partial charge is 0.469 e. The van der Waals surface area contributed by atoms with Crippen LogP contribution in [0.1, 0.15) is 61.5 Å². The number of fused-ring (bicyclic) bond motifs is 2. The number of nitriles is 1. The maximum atomic E-state index is 12.8. The maximum Gasteiger partial charge on any atom is 0.410 e. The lowest BCUT2D eigenvalue weighted by atomic mass is 9.94. The van der Waals surface area contributed by atoms with Gasteiger partial charge < -0.3 is 19.3 Å². The Morgan fingerprint density at radius 1 is 1.18 bits per heavy atom. The molecule has 1 saturated heterocycles. The Hall–Kier alpha value is -4.19. The lowest BCUT2D eigenvalue weighted by Gasteiger charge is -2.42. The Kier molecular flexibility index (Phi) is 6.89. The van der Waals surface area contributed by atoms with Gasteiger partial charge in [-0.25, -0.2) is 9.78 Å². The topological polar surface area (TPSA) is 109 Å². The molecule has 38 heavy (non-hydrogen) atoms. The molecule has 2 atom stereocenters. The van der Waals surface area contributed by atoms with Gasteiger partial charge in [0.2, 0.25) is 5.88 Å². The van der Waals surface area contributed by atoms with Crippen LogP contribution in [-0.2, 0) is 11.2 Å². The summed E-state index contributed by atoms with van der Waals surface area (Å²) in [4.78, 5) is 37.2. The van der Waals surface area contributed by atoms with E-state index in [0.29, 0.717) is 44.0 Å². The summed E-state index contributed by atoms with van der Waals surface area (Å²) in [5.41, 5.74) is 1.30. The summed E-state index contributed by atoms with van der Waals surface area (Å²) in [7, 11) is 0. The molecule has 2 aliphatic rings. The Labute approximate surface area is 222 Å². The van der Waals surface area contributed by atoms with Crippen LogP contribution in [0, 0.1) is 11.3 Å². The fraction of sp³-hybridized carbons (Fsp3) is 0.414. The lowest BCUT2D eigenvalue weighted by molar-refractivity contribution is 0.0144. The van der Waals surface area contributed by atoms with Crippen molar-refractivity contribution in [3.8, 4) is 11.9 Å². The molecule has 0 N–H and O–H groups in total. The molecule has 1 unspecified atom stereocenters. The number of hydrogen-bond acceptors (Lipinski definition) is 8. The minimum atomic E-state index is -0.631. The van der Waals surface area contributed by atoms with Crippen molar-refractivity contribution in [2.24, 2.45) is 0 Å². The molecule has 5 rings (SSSR count). The van der Waals surface area contributed by atoms with E-state index in [9.17, 15) is 14.9 Å². The van der Waals surface area contributed by atoms with Gasteiger partial charge in [0.05, 0.1) is 24.1 Å². The Balaban J connectivity index is 1.43. The number of piperazine rings is 1. The molecule has 2 aromatic carbocycles. The van der Waals surface area contributed by atoms with Crippen molar-refractivity contribution in [2.75, 3.05) is 24.5 Å². The van der Waals surface area contributed by atoms with Gasteiger partial charge in [0, 0.05) is 25.2 Å². The number of rotatable bonds is 4. The molecule has 3 heterocycles. The van der Waals surface area contributed by atoms with Crippen molar-refractivity contribution in [1.29, 1.82) is 5.26 Å². The molecule has 1 fully saturated rings. The van der Waals surface area contributed by atoms with Gasteiger partial charge in [-0.3, -0.25) is 4.79 Å². The molecule has 196 valence electrons. The second-order valence-electron chi connectivity index (χ2n) is 10.7. The number of aldehydes is 1. The highest BCUT2D eigenvalue weighted by atomic mass is 16.6. The van der Waals surface area contributed by atoms with Crippen LogP contribution in [-0.4, -0.2) is 58.5 Å².